The molecule has 0 aliphatic carbocycles. The molecular formula is C22H21ClN6O. The first-order chi connectivity index (χ1) is 14.6. The van der Waals surface area contributed by atoms with E-state index in [1.165, 1.54) is 18.9 Å². The quantitative estimate of drug-likeness (QED) is 0.460. The van der Waals surface area contributed by atoms with Gasteiger partial charge in [-0.25, -0.2) is 9.97 Å². The van der Waals surface area contributed by atoms with Crippen molar-refractivity contribution in [3.63, 3.8) is 0 Å². The van der Waals surface area contributed by atoms with E-state index in [-0.39, 0.29) is 11.6 Å². The molecule has 0 amide bonds. The summed E-state index contributed by atoms with van der Waals surface area (Å²) in [7, 11) is 0. The van der Waals surface area contributed by atoms with E-state index in [0.717, 1.165) is 46.3 Å². The Kier molecular flexibility index (Phi) is 3.91. The number of nitrogens with one attached hydrogen (secondary N) is 2. The van der Waals surface area contributed by atoms with E-state index < -0.39 is 0 Å². The molecule has 5 heterocycles. The first-order valence-corrected chi connectivity index (χ1v) is 10.7. The zero-order valence-electron chi connectivity index (χ0n) is 16.2. The highest BCUT2D eigenvalue weighted by Crippen LogP contribution is 2.40. The number of nitrogens with two attached hydrogens (primary N) is 1. The van der Waals surface area contributed by atoms with Gasteiger partial charge in [-0.2, -0.15) is 0 Å². The highest BCUT2D eigenvalue weighted by Gasteiger charge is 2.40. The van der Waals surface area contributed by atoms with Crippen LogP contribution in [0.15, 0.2) is 41.5 Å². The predicted octanol–water partition coefficient (Wildman–Crippen LogP) is 3.58. The smallest absolute Gasteiger partial charge is 0.248 e. The Morgan fingerprint density at radius 2 is 1.87 bits per heavy atom. The molecule has 152 valence electrons. The van der Waals surface area contributed by atoms with Gasteiger partial charge in [0.05, 0.1) is 16.7 Å². The standard InChI is InChI=1S/C22H21ClN6O/c23-19-15(5-1-11-2-6-18(30)28-20(11)19)16-9-26-22-21(16)25-10-17(27-22)29-13-3-4-14(29)8-12(24)7-13/h1-2,5-6,9-10,12-14H,3-4,7-8,24H2,(H,26,27)(H,28,30)/t12-,13+,14-. The van der Waals surface area contributed by atoms with Crippen LogP contribution in [-0.2, 0) is 0 Å². The lowest BCUT2D eigenvalue weighted by Gasteiger charge is -2.38. The fraction of sp³-hybridized carbons (Fsp3) is 0.318. The Morgan fingerprint density at radius 3 is 2.67 bits per heavy atom. The number of rotatable bonds is 2. The molecule has 2 aliphatic rings. The van der Waals surface area contributed by atoms with Crippen molar-refractivity contribution in [2.45, 2.75) is 43.8 Å². The van der Waals surface area contributed by atoms with Crippen molar-refractivity contribution in [1.29, 1.82) is 0 Å². The molecule has 30 heavy (non-hydrogen) atoms. The SMILES string of the molecule is N[C@H]1C[C@H]2CC[C@@H](C1)N2c1cnc2c(-c3ccc4ccc(=O)[nH]c4c3Cl)c[nH]c2n1. The van der Waals surface area contributed by atoms with E-state index in [1.54, 1.807) is 6.07 Å². The molecule has 0 unspecified atom stereocenters. The number of aromatic nitrogens is 4. The van der Waals surface area contributed by atoms with Gasteiger partial charge in [0.25, 0.3) is 0 Å². The second-order valence-electron chi connectivity index (χ2n) is 8.37. The maximum atomic E-state index is 11.8. The van der Waals surface area contributed by atoms with Crippen LogP contribution in [0.3, 0.4) is 0 Å². The summed E-state index contributed by atoms with van der Waals surface area (Å²) in [5.41, 5.74) is 9.83. The fourth-order valence-corrected chi connectivity index (χ4v) is 5.53. The molecule has 2 saturated heterocycles. The summed E-state index contributed by atoms with van der Waals surface area (Å²) >= 11 is 6.67. The van der Waals surface area contributed by atoms with Crippen LogP contribution in [0.25, 0.3) is 33.2 Å². The van der Waals surface area contributed by atoms with Crippen molar-refractivity contribution in [2.75, 3.05) is 4.90 Å². The van der Waals surface area contributed by atoms with Crippen molar-refractivity contribution in [3.05, 3.63) is 52.0 Å². The number of piperidine rings is 1. The number of benzene rings is 1. The molecule has 3 atom stereocenters. The predicted molar refractivity (Wildman–Crippen MR) is 119 cm³/mol. The van der Waals surface area contributed by atoms with Gasteiger partial charge in [-0.1, -0.05) is 23.7 Å². The van der Waals surface area contributed by atoms with Crippen molar-refractivity contribution in [2.24, 2.45) is 5.73 Å². The average Bonchev–Trinajstić information content (AvgIpc) is 3.27. The highest BCUT2D eigenvalue weighted by atomic mass is 35.5. The molecule has 4 aromatic rings. The van der Waals surface area contributed by atoms with Gasteiger partial charge in [-0.3, -0.25) is 4.79 Å². The number of H-pyrrole nitrogens is 2. The van der Waals surface area contributed by atoms with Crippen molar-refractivity contribution in [1.82, 2.24) is 19.9 Å². The first kappa shape index (κ1) is 17.9. The van der Waals surface area contributed by atoms with Crippen LogP contribution in [0.5, 0.6) is 0 Å². The Balaban J connectivity index is 1.44. The summed E-state index contributed by atoms with van der Waals surface area (Å²) in [5.74, 6) is 0.907. The summed E-state index contributed by atoms with van der Waals surface area (Å²) in [4.78, 5) is 29.9. The van der Waals surface area contributed by atoms with Crippen LogP contribution in [-0.4, -0.2) is 38.1 Å². The van der Waals surface area contributed by atoms with Gasteiger partial charge in [0.1, 0.15) is 11.3 Å². The summed E-state index contributed by atoms with van der Waals surface area (Å²) in [6.07, 6.45) is 8.09. The van der Waals surface area contributed by atoms with E-state index in [4.69, 9.17) is 27.3 Å². The number of halogens is 1. The highest BCUT2D eigenvalue weighted by molar-refractivity contribution is 6.38. The minimum absolute atomic E-state index is 0.180. The van der Waals surface area contributed by atoms with Crippen molar-refractivity contribution >= 4 is 39.5 Å². The van der Waals surface area contributed by atoms with E-state index in [1.807, 2.05) is 24.5 Å². The molecule has 6 rings (SSSR count). The Morgan fingerprint density at radius 1 is 1.10 bits per heavy atom. The monoisotopic (exact) mass is 420 g/mol. The number of fused-ring (bicyclic) bond motifs is 4. The van der Waals surface area contributed by atoms with Gasteiger partial charge < -0.3 is 20.6 Å². The van der Waals surface area contributed by atoms with Crippen LogP contribution in [0, 0.1) is 0 Å². The summed E-state index contributed by atoms with van der Waals surface area (Å²) < 4.78 is 0. The number of hydrogen-bond acceptors (Lipinski definition) is 5. The summed E-state index contributed by atoms with van der Waals surface area (Å²) in [6.45, 7) is 0. The average molecular weight is 421 g/mol. The molecule has 8 heteroatoms. The second-order valence-corrected chi connectivity index (χ2v) is 8.74. The lowest BCUT2D eigenvalue weighted by atomic mass is 9.98. The third kappa shape index (κ3) is 2.66. The number of nitrogens with zero attached hydrogens (tertiary/aromatic N) is 3. The van der Waals surface area contributed by atoms with Gasteiger partial charge in [-0.05, 0) is 37.1 Å². The molecule has 3 aromatic heterocycles. The molecule has 1 aromatic carbocycles. The lowest BCUT2D eigenvalue weighted by Crippen LogP contribution is -2.47. The third-order valence-corrected chi connectivity index (χ3v) is 6.92. The number of aromatic amines is 2. The number of hydrogen-bond donors (Lipinski definition) is 3. The lowest BCUT2D eigenvalue weighted by molar-refractivity contribution is 0.412. The van der Waals surface area contributed by atoms with Crippen LogP contribution in [0.1, 0.15) is 25.7 Å². The van der Waals surface area contributed by atoms with Crippen molar-refractivity contribution < 1.29 is 0 Å². The normalized spacial score (nSPS) is 23.5. The minimum atomic E-state index is -0.180. The zero-order chi connectivity index (χ0) is 20.4. The molecule has 0 saturated carbocycles. The topological polar surface area (TPSA) is 104 Å². The van der Waals surface area contributed by atoms with E-state index >= 15 is 0 Å². The van der Waals surface area contributed by atoms with E-state index in [9.17, 15) is 4.79 Å². The third-order valence-electron chi connectivity index (χ3n) is 6.53. The molecule has 4 N–H and O–H groups in total. The molecule has 2 aliphatic heterocycles. The van der Waals surface area contributed by atoms with E-state index in [0.29, 0.717) is 22.6 Å². The Labute approximate surface area is 177 Å². The fourth-order valence-electron chi connectivity index (χ4n) is 5.20. The maximum Gasteiger partial charge on any atom is 0.248 e. The van der Waals surface area contributed by atoms with Crippen LogP contribution in [0.4, 0.5) is 5.82 Å². The van der Waals surface area contributed by atoms with Gasteiger partial charge in [0, 0.05) is 41.5 Å². The Hall–Kier alpha value is -2.90. The van der Waals surface area contributed by atoms with Crippen LogP contribution >= 0.6 is 11.6 Å². The first-order valence-electron chi connectivity index (χ1n) is 10.3. The molecule has 0 spiro atoms. The second kappa shape index (κ2) is 6.55. The van der Waals surface area contributed by atoms with Gasteiger partial charge in [-0.15, -0.1) is 0 Å². The number of pyridine rings is 1. The van der Waals surface area contributed by atoms with Crippen molar-refractivity contribution in [3.8, 4) is 11.1 Å². The largest absolute Gasteiger partial charge is 0.349 e. The molecule has 2 bridgehead atoms. The van der Waals surface area contributed by atoms with Crippen LogP contribution < -0.4 is 16.2 Å². The minimum Gasteiger partial charge on any atom is -0.349 e. The molecular weight excluding hydrogens is 400 g/mol. The Bertz CT molecular complexity index is 1330. The molecule has 7 nitrogen and oxygen atoms in total. The van der Waals surface area contributed by atoms with Gasteiger partial charge >= 0.3 is 0 Å². The van der Waals surface area contributed by atoms with E-state index in [2.05, 4.69) is 14.9 Å². The number of anilines is 1. The summed E-state index contributed by atoms with van der Waals surface area (Å²) in [6, 6.07) is 8.35. The molecule has 0 radical (unpaired) electrons. The zero-order valence-corrected chi connectivity index (χ0v) is 17.0. The van der Waals surface area contributed by atoms with Gasteiger partial charge in [0.15, 0.2) is 5.65 Å². The van der Waals surface area contributed by atoms with Gasteiger partial charge in [0.2, 0.25) is 5.56 Å². The van der Waals surface area contributed by atoms with Crippen LogP contribution in [0.2, 0.25) is 5.02 Å². The molecule has 2 fully saturated rings. The maximum absolute atomic E-state index is 11.8. The summed E-state index contributed by atoms with van der Waals surface area (Å²) in [5, 5.41) is 1.38.